The second-order valence-electron chi connectivity index (χ2n) is 3.75. The Morgan fingerprint density at radius 2 is 1.85 bits per heavy atom. The van der Waals surface area contributed by atoms with Gasteiger partial charge in [0.2, 0.25) is 0 Å². The Morgan fingerprint density at radius 3 is 2.45 bits per heavy atom. The van der Waals surface area contributed by atoms with E-state index in [-0.39, 0.29) is 13.0 Å². The first-order valence-corrected chi connectivity index (χ1v) is 5.42. The molecule has 0 aromatic heterocycles. The van der Waals surface area contributed by atoms with Crippen LogP contribution < -0.4 is 10.6 Å². The molecule has 20 heavy (non-hydrogen) atoms. The first-order valence-electron chi connectivity index (χ1n) is 5.42. The molecular weight excluding hydrogens is 281 g/mol. The third-order valence-electron chi connectivity index (χ3n) is 2.27. The van der Waals surface area contributed by atoms with Crippen LogP contribution in [0.15, 0.2) is 12.1 Å². The van der Waals surface area contributed by atoms with Gasteiger partial charge in [0.05, 0.1) is 5.69 Å². The third kappa shape index (κ3) is 4.12. The molecule has 0 aliphatic heterocycles. The topological polar surface area (TPSA) is 98.7 Å². The zero-order valence-corrected chi connectivity index (χ0v) is 9.99. The Kier molecular flexibility index (Phi) is 5.32. The minimum atomic E-state index is -1.72. The maximum Gasteiger partial charge on any atom is 0.332 e. The molecule has 0 radical (unpaired) electrons. The summed E-state index contributed by atoms with van der Waals surface area (Å²) in [6.45, 7) is -0.204. The lowest BCUT2D eigenvalue weighted by molar-refractivity contribution is -0.146. The van der Waals surface area contributed by atoms with E-state index < -0.39 is 41.2 Å². The molecule has 1 rings (SSSR count). The summed E-state index contributed by atoms with van der Waals surface area (Å²) in [5, 5.41) is 21.3. The molecule has 9 heteroatoms. The number of halogens is 3. The summed E-state index contributed by atoms with van der Waals surface area (Å²) in [6, 6.07) is 0.522. The highest BCUT2D eigenvalue weighted by Crippen LogP contribution is 2.19. The van der Waals surface area contributed by atoms with Crippen LogP contribution in [0.2, 0.25) is 0 Å². The smallest absolute Gasteiger partial charge is 0.332 e. The quantitative estimate of drug-likeness (QED) is 0.610. The molecule has 0 bridgehead atoms. The summed E-state index contributed by atoms with van der Waals surface area (Å²) in [4.78, 5) is 21.6. The molecule has 1 aromatic carbocycles. The lowest BCUT2D eigenvalue weighted by atomic mass is 10.2. The highest BCUT2D eigenvalue weighted by atomic mass is 19.2. The van der Waals surface area contributed by atoms with Crippen LogP contribution in [-0.4, -0.2) is 34.9 Å². The number of urea groups is 1. The molecule has 1 aromatic rings. The van der Waals surface area contributed by atoms with Crippen LogP contribution in [0.5, 0.6) is 0 Å². The van der Waals surface area contributed by atoms with Crippen LogP contribution in [0.4, 0.5) is 23.7 Å². The molecule has 0 fully saturated rings. The number of amides is 2. The van der Waals surface area contributed by atoms with Crippen molar-refractivity contribution < 1.29 is 33.0 Å². The fraction of sp³-hybridized carbons (Fsp3) is 0.273. The molecule has 0 aliphatic rings. The average molecular weight is 292 g/mol. The zero-order valence-electron chi connectivity index (χ0n) is 9.99. The van der Waals surface area contributed by atoms with E-state index in [0.717, 1.165) is 6.07 Å². The normalized spacial score (nSPS) is 11.8. The minimum absolute atomic E-state index is 0.204. The average Bonchev–Trinajstić information content (AvgIpc) is 2.39. The number of carboxylic acid groups (broad SMARTS) is 1. The van der Waals surface area contributed by atoms with Crippen LogP contribution in [0, 0.1) is 17.5 Å². The Morgan fingerprint density at radius 1 is 1.20 bits per heavy atom. The van der Waals surface area contributed by atoms with E-state index in [1.807, 2.05) is 5.32 Å². The summed E-state index contributed by atoms with van der Waals surface area (Å²) in [7, 11) is 0. The standard InChI is InChI=1S/C11H11F3N2O4/c12-5-1-2-6(9(14)8(5)13)16-11(20)15-4-3-7(17)10(18)19/h1-2,7,17H,3-4H2,(H,18,19)(H2,15,16,20). The van der Waals surface area contributed by atoms with Gasteiger partial charge >= 0.3 is 12.0 Å². The van der Waals surface area contributed by atoms with Gasteiger partial charge in [-0.25, -0.2) is 22.8 Å². The van der Waals surface area contributed by atoms with Crippen LogP contribution >= 0.6 is 0 Å². The number of aliphatic hydroxyl groups is 1. The first-order chi connectivity index (χ1) is 9.32. The molecule has 4 N–H and O–H groups in total. The van der Waals surface area contributed by atoms with E-state index in [4.69, 9.17) is 10.2 Å². The van der Waals surface area contributed by atoms with Gasteiger partial charge in [-0.1, -0.05) is 0 Å². The number of carbonyl (C=O) groups excluding carboxylic acids is 1. The van der Waals surface area contributed by atoms with Crippen molar-refractivity contribution in [3.05, 3.63) is 29.6 Å². The largest absolute Gasteiger partial charge is 0.479 e. The van der Waals surface area contributed by atoms with Crippen molar-refractivity contribution in [2.75, 3.05) is 11.9 Å². The number of hydrogen-bond acceptors (Lipinski definition) is 3. The van der Waals surface area contributed by atoms with Crippen molar-refractivity contribution in [1.29, 1.82) is 0 Å². The van der Waals surface area contributed by atoms with Crippen molar-refractivity contribution >= 4 is 17.7 Å². The highest BCUT2D eigenvalue weighted by Gasteiger charge is 2.16. The summed E-state index contributed by atoms with van der Waals surface area (Å²) in [5.41, 5.74) is -0.569. The first kappa shape index (κ1) is 15.8. The minimum Gasteiger partial charge on any atom is -0.479 e. The van der Waals surface area contributed by atoms with Gasteiger partial charge in [0, 0.05) is 13.0 Å². The molecule has 1 atom stereocenters. The molecule has 0 spiro atoms. The molecule has 0 heterocycles. The van der Waals surface area contributed by atoms with E-state index in [0.29, 0.717) is 6.07 Å². The summed E-state index contributed by atoms with van der Waals surface area (Å²) >= 11 is 0. The number of anilines is 1. The van der Waals surface area contributed by atoms with Crippen LogP contribution in [-0.2, 0) is 4.79 Å². The van der Waals surface area contributed by atoms with Gasteiger partial charge in [0.25, 0.3) is 0 Å². The SMILES string of the molecule is O=C(NCCC(O)C(=O)O)Nc1ccc(F)c(F)c1F. The lowest BCUT2D eigenvalue weighted by Crippen LogP contribution is -2.33. The van der Waals surface area contributed by atoms with Crippen molar-refractivity contribution in [2.24, 2.45) is 0 Å². The third-order valence-corrected chi connectivity index (χ3v) is 2.27. The van der Waals surface area contributed by atoms with Gasteiger partial charge in [-0.15, -0.1) is 0 Å². The molecule has 2 amide bonds. The van der Waals surface area contributed by atoms with Crippen molar-refractivity contribution in [2.45, 2.75) is 12.5 Å². The Hall–Kier alpha value is -2.29. The predicted octanol–water partition coefficient (Wildman–Crippen LogP) is 1.06. The number of carbonyl (C=O) groups is 2. The maximum absolute atomic E-state index is 13.2. The Labute approximate surface area is 111 Å². The van der Waals surface area contributed by atoms with Crippen molar-refractivity contribution in [3.8, 4) is 0 Å². The molecule has 0 saturated carbocycles. The molecular formula is C11H11F3N2O4. The van der Waals surface area contributed by atoms with E-state index in [9.17, 15) is 22.8 Å². The number of rotatable bonds is 5. The number of benzene rings is 1. The fourth-order valence-corrected chi connectivity index (χ4v) is 1.23. The number of hydrogen-bond donors (Lipinski definition) is 4. The number of nitrogens with one attached hydrogen (secondary N) is 2. The van der Waals surface area contributed by atoms with Gasteiger partial charge in [-0.05, 0) is 12.1 Å². The Balaban J connectivity index is 2.51. The van der Waals surface area contributed by atoms with Crippen LogP contribution in [0.3, 0.4) is 0 Å². The summed E-state index contributed by atoms with van der Waals surface area (Å²) in [5.74, 6) is -6.10. The molecule has 1 unspecified atom stereocenters. The van der Waals surface area contributed by atoms with E-state index in [2.05, 4.69) is 5.32 Å². The van der Waals surface area contributed by atoms with Crippen LogP contribution in [0.1, 0.15) is 6.42 Å². The molecule has 0 saturated heterocycles. The van der Waals surface area contributed by atoms with Gasteiger partial charge in [-0.2, -0.15) is 0 Å². The summed E-state index contributed by atoms with van der Waals surface area (Å²) < 4.78 is 38.7. The van der Waals surface area contributed by atoms with Gasteiger partial charge in [-0.3, -0.25) is 0 Å². The maximum atomic E-state index is 13.2. The van der Waals surface area contributed by atoms with Gasteiger partial charge < -0.3 is 20.8 Å². The van der Waals surface area contributed by atoms with E-state index in [1.165, 1.54) is 0 Å². The van der Waals surface area contributed by atoms with E-state index >= 15 is 0 Å². The monoisotopic (exact) mass is 292 g/mol. The zero-order chi connectivity index (χ0) is 15.3. The second-order valence-corrected chi connectivity index (χ2v) is 3.75. The van der Waals surface area contributed by atoms with Crippen LogP contribution in [0.25, 0.3) is 0 Å². The molecule has 6 nitrogen and oxygen atoms in total. The number of aliphatic hydroxyl groups excluding tert-OH is 1. The summed E-state index contributed by atoms with van der Waals surface area (Å²) in [6.07, 6.45) is -1.90. The fourth-order valence-electron chi connectivity index (χ4n) is 1.23. The number of carboxylic acids is 1. The van der Waals surface area contributed by atoms with Gasteiger partial charge in [0.15, 0.2) is 23.6 Å². The van der Waals surface area contributed by atoms with Crippen molar-refractivity contribution in [1.82, 2.24) is 5.32 Å². The van der Waals surface area contributed by atoms with Gasteiger partial charge in [0.1, 0.15) is 0 Å². The molecule has 0 aliphatic carbocycles. The molecule has 110 valence electrons. The highest BCUT2D eigenvalue weighted by molar-refractivity contribution is 5.89. The second kappa shape index (κ2) is 6.75. The lowest BCUT2D eigenvalue weighted by Gasteiger charge is -2.10. The predicted molar refractivity (Wildman–Crippen MR) is 61.6 cm³/mol. The number of aliphatic carboxylic acids is 1. The van der Waals surface area contributed by atoms with E-state index in [1.54, 1.807) is 0 Å². The van der Waals surface area contributed by atoms with Crippen molar-refractivity contribution in [3.63, 3.8) is 0 Å². The Bertz CT molecular complexity index is 525.